The molecule has 20 heavy (non-hydrogen) atoms. The minimum absolute atomic E-state index is 0.0185. The molecule has 0 atom stereocenters. The maximum absolute atomic E-state index is 12.4. The molecule has 0 aliphatic heterocycles. The number of hydrogen-bond acceptors (Lipinski definition) is 3. The van der Waals surface area contributed by atoms with Crippen molar-refractivity contribution in [2.45, 2.75) is 45.6 Å². The Morgan fingerprint density at radius 1 is 1.20 bits per heavy atom. The molecule has 1 aromatic rings. The van der Waals surface area contributed by atoms with E-state index in [1.807, 2.05) is 58.9 Å². The van der Waals surface area contributed by atoms with E-state index in [4.69, 9.17) is 10.5 Å². The van der Waals surface area contributed by atoms with Crippen LogP contribution in [0.5, 0.6) is 0 Å². The van der Waals surface area contributed by atoms with Crippen LogP contribution in [0.2, 0.25) is 0 Å². The van der Waals surface area contributed by atoms with E-state index in [2.05, 4.69) is 5.32 Å². The van der Waals surface area contributed by atoms with Crippen LogP contribution in [0.3, 0.4) is 0 Å². The van der Waals surface area contributed by atoms with Crippen LogP contribution in [-0.2, 0) is 14.9 Å². The van der Waals surface area contributed by atoms with Crippen LogP contribution in [0.15, 0.2) is 24.3 Å². The molecule has 0 radical (unpaired) electrons. The van der Waals surface area contributed by atoms with E-state index in [0.717, 1.165) is 5.56 Å². The van der Waals surface area contributed by atoms with Gasteiger partial charge in [-0.05, 0) is 52.3 Å². The maximum Gasteiger partial charge on any atom is 0.230 e. The number of nitrogen functional groups attached to an aromatic ring is 1. The SMILES string of the molecule is CCOC(C)(C)CNC(=O)C(C)(C)c1ccc(N)cc1. The van der Waals surface area contributed by atoms with Crippen LogP contribution in [0.25, 0.3) is 0 Å². The number of rotatable bonds is 6. The normalized spacial score (nSPS) is 12.2. The lowest BCUT2D eigenvalue weighted by molar-refractivity contribution is -0.127. The van der Waals surface area contributed by atoms with Crippen LogP contribution in [0.1, 0.15) is 40.2 Å². The fourth-order valence-electron chi connectivity index (χ4n) is 1.99. The van der Waals surface area contributed by atoms with Crippen LogP contribution in [-0.4, -0.2) is 24.7 Å². The average molecular weight is 278 g/mol. The smallest absolute Gasteiger partial charge is 0.230 e. The summed E-state index contributed by atoms with van der Waals surface area (Å²) in [4.78, 5) is 12.4. The van der Waals surface area contributed by atoms with E-state index in [9.17, 15) is 4.79 Å². The zero-order valence-corrected chi connectivity index (χ0v) is 13.1. The highest BCUT2D eigenvalue weighted by molar-refractivity contribution is 5.87. The third kappa shape index (κ3) is 4.23. The van der Waals surface area contributed by atoms with Crippen molar-refractivity contribution < 1.29 is 9.53 Å². The second-order valence-electron chi connectivity index (χ2n) is 6.12. The van der Waals surface area contributed by atoms with Crippen molar-refractivity contribution in [3.8, 4) is 0 Å². The molecular weight excluding hydrogens is 252 g/mol. The van der Waals surface area contributed by atoms with Gasteiger partial charge in [-0.25, -0.2) is 0 Å². The summed E-state index contributed by atoms with van der Waals surface area (Å²) in [6.45, 7) is 10.8. The number of carbonyl (C=O) groups is 1. The molecule has 4 nitrogen and oxygen atoms in total. The summed E-state index contributed by atoms with van der Waals surface area (Å²) in [7, 11) is 0. The van der Waals surface area contributed by atoms with E-state index in [1.54, 1.807) is 0 Å². The summed E-state index contributed by atoms with van der Waals surface area (Å²) >= 11 is 0. The molecule has 4 heteroatoms. The third-order valence-electron chi connectivity index (χ3n) is 3.41. The first-order valence-corrected chi connectivity index (χ1v) is 6.97. The lowest BCUT2D eigenvalue weighted by atomic mass is 9.83. The summed E-state index contributed by atoms with van der Waals surface area (Å²) < 4.78 is 5.58. The predicted molar refractivity (Wildman–Crippen MR) is 82.6 cm³/mol. The Morgan fingerprint density at radius 2 is 1.75 bits per heavy atom. The molecule has 0 saturated carbocycles. The van der Waals surface area contributed by atoms with Gasteiger partial charge in [0.1, 0.15) is 0 Å². The van der Waals surface area contributed by atoms with Crippen LogP contribution in [0.4, 0.5) is 5.69 Å². The number of amides is 1. The quantitative estimate of drug-likeness (QED) is 0.786. The molecule has 1 aromatic carbocycles. The second-order valence-corrected chi connectivity index (χ2v) is 6.12. The Hall–Kier alpha value is -1.55. The molecule has 3 N–H and O–H groups in total. The summed E-state index contributed by atoms with van der Waals surface area (Å²) in [6.07, 6.45) is 0. The lowest BCUT2D eigenvalue weighted by Crippen LogP contribution is -2.46. The molecule has 0 aromatic heterocycles. The summed E-state index contributed by atoms with van der Waals surface area (Å²) in [5.74, 6) is -0.0185. The van der Waals surface area contributed by atoms with E-state index in [-0.39, 0.29) is 11.5 Å². The molecule has 0 heterocycles. The number of hydrogen-bond donors (Lipinski definition) is 2. The van der Waals surface area contributed by atoms with Gasteiger partial charge in [0.2, 0.25) is 5.91 Å². The standard InChI is InChI=1S/C16H26N2O2/c1-6-20-15(2,3)11-18-14(19)16(4,5)12-7-9-13(17)10-8-12/h7-10H,6,11,17H2,1-5H3,(H,18,19). The molecular formula is C16H26N2O2. The molecule has 0 bridgehead atoms. The number of nitrogens with two attached hydrogens (primary N) is 1. The maximum atomic E-state index is 12.4. The number of anilines is 1. The van der Waals surface area contributed by atoms with Crippen molar-refractivity contribution in [1.82, 2.24) is 5.32 Å². The van der Waals surface area contributed by atoms with E-state index < -0.39 is 5.41 Å². The Bertz CT molecular complexity index is 450. The van der Waals surface area contributed by atoms with Gasteiger partial charge in [-0.2, -0.15) is 0 Å². The molecule has 1 rings (SSSR count). The van der Waals surface area contributed by atoms with Crippen molar-refractivity contribution in [2.24, 2.45) is 0 Å². The number of ether oxygens (including phenoxy) is 1. The Morgan fingerprint density at radius 3 is 2.25 bits per heavy atom. The van der Waals surface area contributed by atoms with Gasteiger partial charge in [-0.3, -0.25) is 4.79 Å². The zero-order chi connectivity index (χ0) is 15.4. The molecule has 0 fully saturated rings. The highest BCUT2D eigenvalue weighted by Crippen LogP contribution is 2.24. The number of carbonyl (C=O) groups excluding carboxylic acids is 1. The molecule has 112 valence electrons. The second kappa shape index (κ2) is 6.27. The molecule has 0 unspecified atom stereocenters. The van der Waals surface area contributed by atoms with E-state index >= 15 is 0 Å². The minimum Gasteiger partial charge on any atom is -0.399 e. The first-order valence-electron chi connectivity index (χ1n) is 6.97. The summed E-state index contributed by atoms with van der Waals surface area (Å²) in [5.41, 5.74) is 6.36. The Kier molecular flexibility index (Phi) is 5.17. The van der Waals surface area contributed by atoms with Gasteiger partial charge in [0.05, 0.1) is 11.0 Å². The van der Waals surface area contributed by atoms with Crippen molar-refractivity contribution in [2.75, 3.05) is 18.9 Å². The van der Waals surface area contributed by atoms with Crippen LogP contribution >= 0.6 is 0 Å². The summed E-state index contributed by atoms with van der Waals surface area (Å²) in [6, 6.07) is 7.41. The van der Waals surface area contributed by atoms with Gasteiger partial charge in [-0.15, -0.1) is 0 Å². The molecule has 0 aliphatic carbocycles. The first-order chi connectivity index (χ1) is 9.19. The largest absolute Gasteiger partial charge is 0.399 e. The highest BCUT2D eigenvalue weighted by atomic mass is 16.5. The number of nitrogens with one attached hydrogen (secondary N) is 1. The molecule has 0 saturated heterocycles. The first kappa shape index (κ1) is 16.5. The summed E-state index contributed by atoms with van der Waals surface area (Å²) in [5, 5.41) is 2.97. The van der Waals surface area contributed by atoms with Gasteiger partial charge in [0.25, 0.3) is 0 Å². The number of benzene rings is 1. The zero-order valence-electron chi connectivity index (χ0n) is 13.1. The molecule has 0 spiro atoms. The van der Waals surface area contributed by atoms with Gasteiger partial charge in [0.15, 0.2) is 0 Å². The topological polar surface area (TPSA) is 64.3 Å². The van der Waals surface area contributed by atoms with Crippen molar-refractivity contribution in [1.29, 1.82) is 0 Å². The third-order valence-corrected chi connectivity index (χ3v) is 3.41. The molecule has 1 amide bonds. The van der Waals surface area contributed by atoms with Crippen LogP contribution in [0, 0.1) is 0 Å². The fourth-order valence-corrected chi connectivity index (χ4v) is 1.99. The van der Waals surface area contributed by atoms with Crippen molar-refractivity contribution in [3.63, 3.8) is 0 Å². The Labute approximate surface area is 121 Å². The predicted octanol–water partition coefficient (Wildman–Crippen LogP) is 2.48. The Balaban J connectivity index is 2.72. The molecule has 0 aliphatic rings. The van der Waals surface area contributed by atoms with E-state index in [0.29, 0.717) is 18.8 Å². The average Bonchev–Trinajstić information content (AvgIpc) is 2.36. The van der Waals surface area contributed by atoms with Crippen LogP contribution < -0.4 is 11.1 Å². The van der Waals surface area contributed by atoms with Crippen molar-refractivity contribution >= 4 is 11.6 Å². The van der Waals surface area contributed by atoms with Gasteiger partial charge in [-0.1, -0.05) is 12.1 Å². The lowest BCUT2D eigenvalue weighted by Gasteiger charge is -2.29. The van der Waals surface area contributed by atoms with Gasteiger partial charge < -0.3 is 15.8 Å². The van der Waals surface area contributed by atoms with Gasteiger partial charge >= 0.3 is 0 Å². The van der Waals surface area contributed by atoms with E-state index in [1.165, 1.54) is 0 Å². The fraction of sp³-hybridized carbons (Fsp3) is 0.562. The van der Waals surface area contributed by atoms with Crippen molar-refractivity contribution in [3.05, 3.63) is 29.8 Å². The monoisotopic (exact) mass is 278 g/mol. The minimum atomic E-state index is -0.601. The highest BCUT2D eigenvalue weighted by Gasteiger charge is 2.31. The van der Waals surface area contributed by atoms with Gasteiger partial charge in [0, 0.05) is 18.8 Å².